The Morgan fingerprint density at radius 3 is 2.08 bits per heavy atom. The normalized spacial score (nSPS) is 9.25. The first-order chi connectivity index (χ1) is 5.22. The molecule has 0 aliphatic heterocycles. The van der Waals surface area contributed by atoms with Gasteiger partial charge in [0.1, 0.15) is 0 Å². The lowest BCUT2D eigenvalue weighted by atomic mass is 10.2. The summed E-state index contributed by atoms with van der Waals surface area (Å²) in [6, 6.07) is 5.87. The molecule has 0 unspecified atom stereocenters. The van der Waals surface area contributed by atoms with Crippen LogP contribution < -0.4 is 5.90 Å². The molecule has 1 aromatic carbocycles. The molecule has 68 valence electrons. The number of hydrogen-bond acceptors (Lipinski definition) is 2. The summed E-state index contributed by atoms with van der Waals surface area (Å²) < 4.78 is 2.03. The quantitative estimate of drug-likeness (QED) is 0.851. The van der Waals surface area contributed by atoms with E-state index in [1.807, 2.05) is 18.2 Å². The minimum Gasteiger partial charge on any atom is -0.300 e. The average molecular weight is 317 g/mol. The molecule has 1 aromatic rings. The van der Waals surface area contributed by atoms with Crippen molar-refractivity contribution >= 4 is 44.3 Å². The average Bonchev–Trinajstić information content (AvgIpc) is 1.85. The molecule has 0 saturated carbocycles. The Labute approximate surface area is 94.1 Å². The molecule has 0 fully saturated rings. The zero-order valence-electron chi connectivity index (χ0n) is 6.09. The first-order valence-corrected chi connectivity index (χ1v) is 4.57. The first kappa shape index (κ1) is 12.4. The van der Waals surface area contributed by atoms with Crippen molar-refractivity contribution in [1.29, 1.82) is 0 Å². The Bertz CT molecular complexity index is 237. The van der Waals surface area contributed by atoms with Gasteiger partial charge >= 0.3 is 0 Å². The molecule has 0 spiro atoms. The van der Waals surface area contributed by atoms with E-state index in [0.29, 0.717) is 6.61 Å². The summed E-state index contributed by atoms with van der Waals surface area (Å²) in [7, 11) is 0. The van der Waals surface area contributed by atoms with E-state index < -0.39 is 0 Å². The van der Waals surface area contributed by atoms with Gasteiger partial charge in [0.25, 0.3) is 0 Å². The number of halogens is 3. The number of hydrogen-bond donors (Lipinski definition) is 1. The van der Waals surface area contributed by atoms with Crippen molar-refractivity contribution in [2.24, 2.45) is 5.90 Å². The summed E-state index contributed by atoms with van der Waals surface area (Å²) in [5.41, 5.74) is 1.04. The third kappa shape index (κ3) is 3.87. The predicted octanol–water partition coefficient (Wildman–Crippen LogP) is 3.02. The molecule has 0 bridgehead atoms. The van der Waals surface area contributed by atoms with Gasteiger partial charge in [-0.1, -0.05) is 31.9 Å². The van der Waals surface area contributed by atoms with E-state index in [1.165, 1.54) is 0 Å². The lowest BCUT2D eigenvalue weighted by molar-refractivity contribution is 0.124. The number of nitrogens with two attached hydrogens (primary N) is 1. The Morgan fingerprint density at radius 2 is 1.67 bits per heavy atom. The van der Waals surface area contributed by atoms with Gasteiger partial charge in [0, 0.05) is 8.95 Å². The Morgan fingerprint density at radius 1 is 1.17 bits per heavy atom. The van der Waals surface area contributed by atoms with Crippen LogP contribution in [0.5, 0.6) is 0 Å². The summed E-state index contributed by atoms with van der Waals surface area (Å²) in [5, 5.41) is 0. The third-order valence-electron chi connectivity index (χ3n) is 1.17. The molecule has 1 rings (SSSR count). The Balaban J connectivity index is 0.00000121. The second kappa shape index (κ2) is 5.94. The highest BCUT2D eigenvalue weighted by molar-refractivity contribution is 9.11. The van der Waals surface area contributed by atoms with Gasteiger partial charge in [-0.3, -0.25) is 4.84 Å². The maximum atomic E-state index is 4.93. The van der Waals surface area contributed by atoms with Crippen LogP contribution in [-0.2, 0) is 11.4 Å². The van der Waals surface area contributed by atoms with Crippen LogP contribution in [0.15, 0.2) is 27.1 Å². The summed E-state index contributed by atoms with van der Waals surface area (Å²) in [6.07, 6.45) is 0. The molecule has 12 heavy (non-hydrogen) atoms. The van der Waals surface area contributed by atoms with Crippen molar-refractivity contribution in [3.8, 4) is 0 Å². The van der Waals surface area contributed by atoms with Crippen molar-refractivity contribution in [2.75, 3.05) is 0 Å². The fourth-order valence-corrected chi connectivity index (χ4v) is 2.18. The summed E-state index contributed by atoms with van der Waals surface area (Å²) in [6.45, 7) is 0.429. The van der Waals surface area contributed by atoms with Crippen LogP contribution in [0.2, 0.25) is 0 Å². The van der Waals surface area contributed by atoms with Crippen LogP contribution >= 0.6 is 44.3 Å². The minimum absolute atomic E-state index is 0. The van der Waals surface area contributed by atoms with Crippen molar-refractivity contribution in [2.45, 2.75) is 6.61 Å². The molecule has 0 heterocycles. The molecule has 0 saturated heterocycles. The lowest BCUT2D eigenvalue weighted by Gasteiger charge is -2.00. The maximum Gasteiger partial charge on any atom is 0.0930 e. The van der Waals surface area contributed by atoms with E-state index in [9.17, 15) is 0 Å². The molecular weight excluding hydrogens is 309 g/mol. The van der Waals surface area contributed by atoms with Gasteiger partial charge in [0.15, 0.2) is 0 Å². The molecule has 0 aliphatic rings. The highest BCUT2D eigenvalue weighted by Crippen LogP contribution is 2.20. The molecule has 2 nitrogen and oxygen atoms in total. The molecule has 2 N–H and O–H groups in total. The van der Waals surface area contributed by atoms with Gasteiger partial charge in [0.2, 0.25) is 0 Å². The minimum atomic E-state index is 0. The molecule has 0 atom stereocenters. The molecule has 0 aromatic heterocycles. The zero-order valence-corrected chi connectivity index (χ0v) is 10.1. The third-order valence-corrected chi connectivity index (χ3v) is 2.09. The Kier molecular flexibility index (Phi) is 6.13. The summed E-state index contributed by atoms with van der Waals surface area (Å²) in [5.74, 6) is 4.93. The van der Waals surface area contributed by atoms with Gasteiger partial charge in [-0.2, -0.15) is 0 Å². The first-order valence-electron chi connectivity index (χ1n) is 2.99. The highest BCUT2D eigenvalue weighted by atomic mass is 79.9. The topological polar surface area (TPSA) is 35.2 Å². The summed E-state index contributed by atoms with van der Waals surface area (Å²) in [4.78, 5) is 4.50. The van der Waals surface area contributed by atoms with Crippen LogP contribution in [0.4, 0.5) is 0 Å². The number of rotatable bonds is 2. The van der Waals surface area contributed by atoms with E-state index >= 15 is 0 Å². The molecule has 0 aliphatic carbocycles. The van der Waals surface area contributed by atoms with Crippen LogP contribution in [0.3, 0.4) is 0 Å². The van der Waals surface area contributed by atoms with Crippen molar-refractivity contribution in [3.05, 3.63) is 32.7 Å². The number of benzene rings is 1. The van der Waals surface area contributed by atoms with E-state index in [4.69, 9.17) is 5.90 Å². The molecular formula is C7H8Br2ClNO. The van der Waals surface area contributed by atoms with Crippen molar-refractivity contribution < 1.29 is 4.84 Å². The van der Waals surface area contributed by atoms with Crippen LogP contribution in [0.1, 0.15) is 5.56 Å². The van der Waals surface area contributed by atoms with Crippen LogP contribution in [0.25, 0.3) is 0 Å². The van der Waals surface area contributed by atoms with Crippen molar-refractivity contribution in [3.63, 3.8) is 0 Å². The van der Waals surface area contributed by atoms with E-state index in [1.54, 1.807) is 0 Å². The van der Waals surface area contributed by atoms with Gasteiger partial charge in [-0.25, -0.2) is 5.90 Å². The smallest absolute Gasteiger partial charge is 0.0930 e. The SMILES string of the molecule is Cl.NOCc1cc(Br)cc(Br)c1. The van der Waals surface area contributed by atoms with Crippen molar-refractivity contribution in [1.82, 2.24) is 0 Å². The second-order valence-corrected chi connectivity index (χ2v) is 3.92. The Hall–Kier alpha value is 0.390. The molecule has 5 heteroatoms. The van der Waals surface area contributed by atoms with E-state index in [-0.39, 0.29) is 12.4 Å². The molecule has 0 amide bonds. The van der Waals surface area contributed by atoms with Gasteiger partial charge in [-0.05, 0) is 23.8 Å². The highest BCUT2D eigenvalue weighted by Gasteiger charge is 1.96. The fraction of sp³-hybridized carbons (Fsp3) is 0.143. The largest absolute Gasteiger partial charge is 0.300 e. The maximum absolute atomic E-state index is 4.93. The standard InChI is InChI=1S/C7H7Br2NO.ClH/c8-6-1-5(4-11-10)2-7(9)3-6;/h1-3H,4,10H2;1H. The van der Waals surface area contributed by atoms with Gasteiger partial charge in [0.05, 0.1) is 6.61 Å². The monoisotopic (exact) mass is 315 g/mol. The van der Waals surface area contributed by atoms with Crippen LogP contribution in [0, 0.1) is 0 Å². The fourth-order valence-electron chi connectivity index (χ4n) is 0.791. The predicted molar refractivity (Wildman–Crippen MR) is 58.1 cm³/mol. The second-order valence-electron chi connectivity index (χ2n) is 2.09. The van der Waals surface area contributed by atoms with Crippen LogP contribution in [-0.4, -0.2) is 0 Å². The lowest BCUT2D eigenvalue weighted by Crippen LogP contribution is -1.98. The van der Waals surface area contributed by atoms with E-state index in [2.05, 4.69) is 36.7 Å². The van der Waals surface area contributed by atoms with Gasteiger partial charge < -0.3 is 0 Å². The van der Waals surface area contributed by atoms with E-state index in [0.717, 1.165) is 14.5 Å². The zero-order chi connectivity index (χ0) is 8.27. The van der Waals surface area contributed by atoms with Gasteiger partial charge in [-0.15, -0.1) is 12.4 Å². The molecule has 0 radical (unpaired) electrons. The summed E-state index contributed by atoms with van der Waals surface area (Å²) >= 11 is 6.71.